The summed E-state index contributed by atoms with van der Waals surface area (Å²) in [5.41, 5.74) is 0.0793. The van der Waals surface area contributed by atoms with Gasteiger partial charge in [-0.15, -0.1) is 0 Å². The molecule has 8 heteroatoms. The fraction of sp³-hybridized carbons (Fsp3) is 0.294. The van der Waals surface area contributed by atoms with Crippen molar-refractivity contribution >= 4 is 29.6 Å². The van der Waals surface area contributed by atoms with Crippen molar-refractivity contribution in [1.29, 1.82) is 0 Å². The minimum Gasteiger partial charge on any atom is -0.481 e. The number of nitro groups is 1. The van der Waals surface area contributed by atoms with E-state index in [1.54, 1.807) is 36.4 Å². The van der Waals surface area contributed by atoms with E-state index in [9.17, 15) is 24.8 Å². The van der Waals surface area contributed by atoms with E-state index in [2.05, 4.69) is 0 Å². The number of carboxylic acids is 1. The quantitative estimate of drug-likeness (QED) is 0.359. The molecule has 7 nitrogen and oxygen atoms in total. The zero-order valence-corrected chi connectivity index (χ0v) is 13.9. The fourth-order valence-electron chi connectivity index (χ4n) is 2.52. The lowest BCUT2D eigenvalue weighted by Gasteiger charge is -2.23. The molecule has 2 atom stereocenters. The van der Waals surface area contributed by atoms with E-state index in [0.717, 1.165) is 0 Å². The summed E-state index contributed by atoms with van der Waals surface area (Å²) < 4.78 is 5.01. The number of ether oxygens (including phenoxy) is 1. The van der Waals surface area contributed by atoms with E-state index < -0.39 is 35.3 Å². The molecule has 0 aliphatic heterocycles. The van der Waals surface area contributed by atoms with Crippen molar-refractivity contribution in [1.82, 2.24) is 0 Å². The van der Waals surface area contributed by atoms with Crippen molar-refractivity contribution in [2.24, 2.45) is 11.8 Å². The molecular formula is C17H16ClNO6. The van der Waals surface area contributed by atoms with E-state index >= 15 is 0 Å². The number of carboxylic acid groups (broad SMARTS) is 1. The first kappa shape index (κ1) is 18.7. The van der Waals surface area contributed by atoms with E-state index in [0.29, 0.717) is 10.6 Å². The minimum atomic E-state index is -1.09. The molecule has 132 valence electrons. The molecule has 1 aromatic rings. The van der Waals surface area contributed by atoms with Gasteiger partial charge in [-0.05, 0) is 24.5 Å². The van der Waals surface area contributed by atoms with Gasteiger partial charge in [-0.3, -0.25) is 19.7 Å². The summed E-state index contributed by atoms with van der Waals surface area (Å²) in [5.74, 6) is -3.59. The number of hydrogen-bond acceptors (Lipinski definition) is 5. The molecule has 0 saturated carbocycles. The van der Waals surface area contributed by atoms with Crippen LogP contribution in [0.3, 0.4) is 0 Å². The summed E-state index contributed by atoms with van der Waals surface area (Å²) in [6.07, 6.45) is 5.09. The van der Waals surface area contributed by atoms with Crippen molar-refractivity contribution in [2.45, 2.75) is 12.8 Å². The number of benzene rings is 1. The number of allylic oxidation sites excluding steroid dienone is 2. The number of halogens is 1. The first-order valence-corrected chi connectivity index (χ1v) is 7.92. The highest BCUT2D eigenvalue weighted by molar-refractivity contribution is 6.32. The van der Waals surface area contributed by atoms with Gasteiger partial charge < -0.3 is 9.84 Å². The molecule has 1 N–H and O–H groups in total. The molecule has 1 aliphatic carbocycles. The highest BCUT2D eigenvalue weighted by atomic mass is 35.5. The number of carbonyl (C=O) groups is 2. The van der Waals surface area contributed by atoms with Gasteiger partial charge in [-0.2, -0.15) is 0 Å². The Morgan fingerprint density at radius 3 is 2.52 bits per heavy atom. The van der Waals surface area contributed by atoms with Crippen LogP contribution in [0, 0.1) is 22.0 Å². The standard InChI is InChI=1S/C17H16ClNO6/c18-15-8-4-1-5-11(15)9-12(19(23)24)10-25-17(22)14-7-3-2-6-13(14)16(20)21/h1-5,8-9,13-14H,6-7,10H2,(H,20,21)/b12-9+/t13-,14+/m1/s1. The van der Waals surface area contributed by atoms with Crippen molar-refractivity contribution in [3.63, 3.8) is 0 Å². The number of aliphatic carboxylic acids is 1. The number of nitrogens with zero attached hydrogens (tertiary/aromatic N) is 1. The predicted octanol–water partition coefficient (Wildman–Crippen LogP) is 3.17. The molecule has 2 rings (SSSR count). The summed E-state index contributed by atoms with van der Waals surface area (Å²) in [4.78, 5) is 33.9. The topological polar surface area (TPSA) is 107 Å². The van der Waals surface area contributed by atoms with Crippen LogP contribution in [0.1, 0.15) is 18.4 Å². The lowest BCUT2D eigenvalue weighted by molar-refractivity contribution is -0.428. The van der Waals surface area contributed by atoms with Gasteiger partial charge in [0.05, 0.1) is 16.8 Å². The Labute approximate surface area is 148 Å². The number of hydrogen-bond donors (Lipinski definition) is 1. The molecule has 1 aromatic carbocycles. The van der Waals surface area contributed by atoms with E-state index in [4.69, 9.17) is 16.3 Å². The first-order valence-electron chi connectivity index (χ1n) is 7.54. The van der Waals surface area contributed by atoms with Crippen molar-refractivity contribution in [3.8, 4) is 0 Å². The Balaban J connectivity index is 2.10. The molecule has 1 aliphatic rings. The number of carbonyl (C=O) groups excluding carboxylic acids is 1. The first-order chi connectivity index (χ1) is 11.9. The lowest BCUT2D eigenvalue weighted by Crippen LogP contribution is -2.32. The van der Waals surface area contributed by atoms with Gasteiger partial charge in [0.1, 0.15) is 0 Å². The molecule has 25 heavy (non-hydrogen) atoms. The Morgan fingerprint density at radius 2 is 1.92 bits per heavy atom. The second kappa shape index (κ2) is 8.43. The smallest absolute Gasteiger partial charge is 0.310 e. The largest absolute Gasteiger partial charge is 0.481 e. The molecule has 0 amide bonds. The third-order valence-corrected chi connectivity index (χ3v) is 4.22. The molecule has 0 radical (unpaired) electrons. The monoisotopic (exact) mass is 365 g/mol. The van der Waals surface area contributed by atoms with Crippen LogP contribution in [0.5, 0.6) is 0 Å². The zero-order valence-electron chi connectivity index (χ0n) is 13.1. The van der Waals surface area contributed by atoms with E-state index in [1.807, 2.05) is 0 Å². The van der Waals surface area contributed by atoms with Gasteiger partial charge in [-0.1, -0.05) is 42.0 Å². The Hall–Kier alpha value is -2.67. The van der Waals surface area contributed by atoms with Gasteiger partial charge in [0.2, 0.25) is 0 Å². The van der Waals surface area contributed by atoms with Crippen LogP contribution < -0.4 is 0 Å². The average molecular weight is 366 g/mol. The average Bonchev–Trinajstić information content (AvgIpc) is 2.59. The lowest BCUT2D eigenvalue weighted by atomic mass is 9.83. The zero-order chi connectivity index (χ0) is 18.4. The van der Waals surface area contributed by atoms with Crippen LogP contribution in [-0.4, -0.2) is 28.6 Å². The van der Waals surface area contributed by atoms with Crippen molar-refractivity contribution in [2.75, 3.05) is 6.61 Å². The van der Waals surface area contributed by atoms with Crippen molar-refractivity contribution in [3.05, 3.63) is 62.8 Å². The highest BCUT2D eigenvalue weighted by Crippen LogP contribution is 2.27. The van der Waals surface area contributed by atoms with Gasteiger partial charge in [0.15, 0.2) is 6.61 Å². The van der Waals surface area contributed by atoms with Crippen LogP contribution in [0.15, 0.2) is 42.1 Å². The molecule has 0 unspecified atom stereocenters. The second-order valence-electron chi connectivity index (χ2n) is 5.52. The third kappa shape index (κ3) is 4.90. The maximum atomic E-state index is 12.2. The Morgan fingerprint density at radius 1 is 1.28 bits per heavy atom. The fourth-order valence-corrected chi connectivity index (χ4v) is 2.71. The number of esters is 1. The summed E-state index contributed by atoms with van der Waals surface area (Å²) >= 11 is 5.96. The van der Waals surface area contributed by atoms with Crippen LogP contribution in [0.4, 0.5) is 0 Å². The van der Waals surface area contributed by atoms with E-state index in [-0.39, 0.29) is 18.5 Å². The Bertz CT molecular complexity index is 742. The summed E-state index contributed by atoms with van der Waals surface area (Å²) in [6, 6.07) is 6.55. The normalized spacial score (nSPS) is 20.1. The number of rotatable bonds is 6. The summed E-state index contributed by atoms with van der Waals surface area (Å²) in [5, 5.41) is 20.7. The Kier molecular flexibility index (Phi) is 6.30. The van der Waals surface area contributed by atoms with Crippen LogP contribution in [0.25, 0.3) is 6.08 Å². The molecule has 0 bridgehead atoms. The van der Waals surface area contributed by atoms with Gasteiger partial charge in [0, 0.05) is 11.1 Å². The predicted molar refractivity (Wildman–Crippen MR) is 90.4 cm³/mol. The molecule has 0 saturated heterocycles. The maximum absolute atomic E-state index is 12.2. The minimum absolute atomic E-state index is 0.229. The van der Waals surface area contributed by atoms with Crippen molar-refractivity contribution < 1.29 is 24.4 Å². The SMILES string of the molecule is O=C(OC/C(=C\c1ccccc1Cl)[N+](=O)[O-])[C@H]1CC=CC[C@H]1C(=O)O. The van der Waals surface area contributed by atoms with Gasteiger partial charge >= 0.3 is 11.9 Å². The second-order valence-corrected chi connectivity index (χ2v) is 5.92. The molecule has 0 heterocycles. The van der Waals surface area contributed by atoms with Crippen LogP contribution >= 0.6 is 11.6 Å². The van der Waals surface area contributed by atoms with Gasteiger partial charge in [0.25, 0.3) is 5.70 Å². The molecule has 0 spiro atoms. The molecule has 0 fully saturated rings. The van der Waals surface area contributed by atoms with Crippen LogP contribution in [-0.2, 0) is 14.3 Å². The molecular weight excluding hydrogens is 350 g/mol. The maximum Gasteiger partial charge on any atom is 0.310 e. The summed E-state index contributed by atoms with van der Waals surface area (Å²) in [7, 11) is 0. The van der Waals surface area contributed by atoms with Crippen LogP contribution in [0.2, 0.25) is 5.02 Å². The van der Waals surface area contributed by atoms with E-state index in [1.165, 1.54) is 6.08 Å². The highest BCUT2D eigenvalue weighted by Gasteiger charge is 2.35. The molecule has 0 aromatic heterocycles. The third-order valence-electron chi connectivity index (χ3n) is 3.88. The summed E-state index contributed by atoms with van der Waals surface area (Å²) in [6.45, 7) is -0.566. The van der Waals surface area contributed by atoms with Gasteiger partial charge in [-0.25, -0.2) is 0 Å².